The summed E-state index contributed by atoms with van der Waals surface area (Å²) in [5.41, 5.74) is 10.5. The smallest absolute Gasteiger partial charge is 0.143 e. The van der Waals surface area contributed by atoms with Crippen LogP contribution >= 0.6 is 15.9 Å². The Hall–Kier alpha value is -2.84. The second-order valence-corrected chi connectivity index (χ2v) is 8.46. The molecule has 3 N–H and O–H groups in total. The zero-order valence-electron chi connectivity index (χ0n) is 16.4. The molecule has 1 saturated heterocycles. The quantitative estimate of drug-likeness (QED) is 0.473. The summed E-state index contributed by atoms with van der Waals surface area (Å²) in [4.78, 5) is 16.0. The third-order valence-electron chi connectivity index (χ3n) is 5.55. The molecule has 5 rings (SSSR count). The first-order valence-electron chi connectivity index (χ1n) is 10.1. The molecule has 4 aromatic heterocycles. The maximum Gasteiger partial charge on any atom is 0.143 e. The van der Waals surface area contributed by atoms with Gasteiger partial charge < -0.3 is 10.6 Å². The Balaban J connectivity index is 1.55. The average molecular weight is 464 g/mol. The van der Waals surface area contributed by atoms with Gasteiger partial charge in [0, 0.05) is 42.5 Å². The van der Waals surface area contributed by atoms with Crippen molar-refractivity contribution in [3.63, 3.8) is 0 Å². The van der Waals surface area contributed by atoms with Crippen LogP contribution in [0.2, 0.25) is 0 Å². The van der Waals surface area contributed by atoms with E-state index in [1.807, 2.05) is 42.7 Å². The normalized spacial score (nSPS) is 17.3. The Bertz CT molecular complexity index is 1170. The molecule has 8 heteroatoms. The molecule has 1 aliphatic rings. The summed E-state index contributed by atoms with van der Waals surface area (Å²) in [5, 5.41) is 8.62. The van der Waals surface area contributed by atoms with Gasteiger partial charge >= 0.3 is 0 Å². The van der Waals surface area contributed by atoms with Crippen molar-refractivity contribution < 1.29 is 0 Å². The lowest BCUT2D eigenvalue weighted by atomic mass is 10.1. The number of rotatable bonds is 3. The van der Waals surface area contributed by atoms with Crippen LogP contribution in [0.1, 0.15) is 19.3 Å². The number of nitrogens with two attached hydrogens (primary N) is 1. The first kappa shape index (κ1) is 19.1. The molecule has 5 heterocycles. The number of hydrogen-bond donors (Lipinski definition) is 2. The summed E-state index contributed by atoms with van der Waals surface area (Å²) in [7, 11) is 0. The number of hydrogen-bond acceptors (Lipinski definition) is 6. The lowest BCUT2D eigenvalue weighted by Gasteiger charge is -2.23. The molecule has 0 spiro atoms. The van der Waals surface area contributed by atoms with Crippen LogP contribution in [-0.2, 0) is 0 Å². The number of nitrogens with one attached hydrogen (secondary N) is 1. The lowest BCUT2D eigenvalue weighted by Crippen LogP contribution is -2.27. The van der Waals surface area contributed by atoms with E-state index >= 15 is 0 Å². The van der Waals surface area contributed by atoms with E-state index < -0.39 is 0 Å². The molecule has 7 nitrogen and oxygen atoms in total. The summed E-state index contributed by atoms with van der Waals surface area (Å²) in [6.07, 6.45) is 8.49. The first-order valence-corrected chi connectivity index (χ1v) is 10.9. The number of fused-ring (bicyclic) bond motifs is 1. The van der Waals surface area contributed by atoms with Gasteiger partial charge in [-0.1, -0.05) is 0 Å². The van der Waals surface area contributed by atoms with Crippen molar-refractivity contribution in [2.24, 2.45) is 5.73 Å². The Labute approximate surface area is 182 Å². The monoisotopic (exact) mass is 463 g/mol. The number of H-pyrrole nitrogens is 1. The van der Waals surface area contributed by atoms with Crippen LogP contribution in [-0.4, -0.2) is 44.3 Å². The van der Waals surface area contributed by atoms with E-state index in [1.165, 1.54) is 0 Å². The molecule has 4 aromatic rings. The third kappa shape index (κ3) is 3.68. The molecular weight excluding hydrogens is 442 g/mol. The number of halogens is 1. The second kappa shape index (κ2) is 8.12. The number of aromatic nitrogens is 5. The standard InChI is InChI=1S/C22H22BrN7/c23-17-5-6-18(27-22(17)30-9-2-4-15(24)7-10-30)21-16-11-19(14-3-1-8-25-12-14)26-13-20(16)28-29-21/h1,3,5-6,8,11-13,15H,2,4,7,9-10,24H2,(H,28,29)/t15-/m0/s1. The molecule has 0 saturated carbocycles. The van der Waals surface area contributed by atoms with Gasteiger partial charge in [-0.25, -0.2) is 4.98 Å². The Morgan fingerprint density at radius 2 is 2.03 bits per heavy atom. The molecule has 0 amide bonds. The minimum Gasteiger partial charge on any atom is -0.356 e. The van der Waals surface area contributed by atoms with Gasteiger partial charge in [-0.15, -0.1) is 0 Å². The van der Waals surface area contributed by atoms with Gasteiger partial charge in [0.25, 0.3) is 0 Å². The van der Waals surface area contributed by atoms with Crippen molar-refractivity contribution in [1.29, 1.82) is 0 Å². The fourth-order valence-electron chi connectivity index (χ4n) is 3.90. The fourth-order valence-corrected chi connectivity index (χ4v) is 4.37. The number of pyridine rings is 3. The predicted octanol–water partition coefficient (Wildman–Crippen LogP) is 4.16. The molecule has 152 valence electrons. The van der Waals surface area contributed by atoms with Crippen LogP contribution in [0, 0.1) is 0 Å². The molecule has 30 heavy (non-hydrogen) atoms. The molecule has 0 unspecified atom stereocenters. The van der Waals surface area contributed by atoms with Crippen LogP contribution < -0.4 is 10.6 Å². The predicted molar refractivity (Wildman–Crippen MR) is 122 cm³/mol. The number of aromatic amines is 1. The van der Waals surface area contributed by atoms with E-state index in [-0.39, 0.29) is 6.04 Å². The zero-order chi connectivity index (χ0) is 20.5. The largest absolute Gasteiger partial charge is 0.356 e. The molecule has 0 aromatic carbocycles. The molecule has 1 fully saturated rings. The zero-order valence-corrected chi connectivity index (χ0v) is 18.0. The van der Waals surface area contributed by atoms with Gasteiger partial charge in [0.15, 0.2) is 0 Å². The SMILES string of the molecule is N[C@H]1CCCN(c2nc(-c3n[nH]c4cnc(-c5cccnc5)cc34)ccc2Br)CC1. The van der Waals surface area contributed by atoms with Crippen LogP contribution in [0.25, 0.3) is 33.5 Å². The van der Waals surface area contributed by atoms with E-state index in [0.29, 0.717) is 0 Å². The van der Waals surface area contributed by atoms with Crippen LogP contribution in [0.3, 0.4) is 0 Å². The molecule has 0 radical (unpaired) electrons. The average Bonchev–Trinajstić information content (AvgIpc) is 3.08. The molecule has 0 bridgehead atoms. The van der Waals surface area contributed by atoms with Gasteiger partial charge in [-0.2, -0.15) is 5.10 Å². The van der Waals surface area contributed by atoms with Crippen molar-refractivity contribution in [2.75, 3.05) is 18.0 Å². The highest BCUT2D eigenvalue weighted by Crippen LogP contribution is 2.32. The number of nitrogens with zero attached hydrogens (tertiary/aromatic N) is 5. The summed E-state index contributed by atoms with van der Waals surface area (Å²) >= 11 is 3.68. The minimum absolute atomic E-state index is 0.269. The molecular formula is C22H22BrN7. The molecule has 1 aliphatic heterocycles. The van der Waals surface area contributed by atoms with Crippen molar-refractivity contribution in [2.45, 2.75) is 25.3 Å². The highest BCUT2D eigenvalue weighted by molar-refractivity contribution is 9.10. The Kier molecular flexibility index (Phi) is 5.18. The van der Waals surface area contributed by atoms with Gasteiger partial charge in [-0.3, -0.25) is 15.1 Å². The Morgan fingerprint density at radius 3 is 2.90 bits per heavy atom. The van der Waals surface area contributed by atoms with Gasteiger partial charge in [0.1, 0.15) is 11.5 Å². The number of anilines is 1. The van der Waals surface area contributed by atoms with E-state index in [2.05, 4.69) is 41.0 Å². The van der Waals surface area contributed by atoms with Crippen molar-refractivity contribution in [3.8, 4) is 22.6 Å². The minimum atomic E-state index is 0.269. The van der Waals surface area contributed by atoms with Crippen molar-refractivity contribution in [3.05, 3.63) is 53.4 Å². The fraction of sp³-hybridized carbons (Fsp3) is 0.273. The highest BCUT2D eigenvalue weighted by atomic mass is 79.9. The van der Waals surface area contributed by atoms with E-state index in [9.17, 15) is 0 Å². The van der Waals surface area contributed by atoms with Gasteiger partial charge in [0.05, 0.1) is 27.6 Å². The summed E-state index contributed by atoms with van der Waals surface area (Å²) in [5.74, 6) is 0.944. The van der Waals surface area contributed by atoms with Crippen LogP contribution in [0.5, 0.6) is 0 Å². The summed E-state index contributed by atoms with van der Waals surface area (Å²) in [6, 6.07) is 10.3. The van der Waals surface area contributed by atoms with Crippen LogP contribution in [0.15, 0.2) is 53.4 Å². The first-order chi connectivity index (χ1) is 14.7. The maximum absolute atomic E-state index is 6.16. The lowest BCUT2D eigenvalue weighted by molar-refractivity contribution is 0.601. The molecule has 1 atom stereocenters. The van der Waals surface area contributed by atoms with Crippen molar-refractivity contribution in [1.82, 2.24) is 25.1 Å². The Morgan fingerprint density at radius 1 is 1.10 bits per heavy atom. The van der Waals surface area contributed by atoms with Gasteiger partial charge in [0.2, 0.25) is 0 Å². The van der Waals surface area contributed by atoms with Crippen molar-refractivity contribution >= 4 is 32.7 Å². The van der Waals surface area contributed by atoms with E-state index in [0.717, 1.165) is 76.2 Å². The topological polar surface area (TPSA) is 96.6 Å². The second-order valence-electron chi connectivity index (χ2n) is 7.61. The summed E-state index contributed by atoms with van der Waals surface area (Å²) < 4.78 is 0.985. The molecule has 0 aliphatic carbocycles. The van der Waals surface area contributed by atoms with Crippen LogP contribution in [0.4, 0.5) is 5.82 Å². The highest BCUT2D eigenvalue weighted by Gasteiger charge is 2.19. The third-order valence-corrected chi connectivity index (χ3v) is 6.17. The van der Waals surface area contributed by atoms with E-state index in [1.54, 1.807) is 6.20 Å². The summed E-state index contributed by atoms with van der Waals surface area (Å²) in [6.45, 7) is 1.87. The van der Waals surface area contributed by atoms with Gasteiger partial charge in [-0.05, 0) is 65.5 Å². The van der Waals surface area contributed by atoms with E-state index in [4.69, 9.17) is 10.7 Å². The maximum atomic E-state index is 6.16.